The van der Waals surface area contributed by atoms with Gasteiger partial charge >= 0.3 is 5.97 Å². The van der Waals surface area contributed by atoms with Gasteiger partial charge in [-0.25, -0.2) is 4.79 Å². The molecule has 5 nitrogen and oxygen atoms in total. The highest BCUT2D eigenvalue weighted by molar-refractivity contribution is 5.83. The SMILES string of the molecule is C=CC(=O)Oc1n[nH]nc1Cc1ccccc1. The van der Waals surface area contributed by atoms with Crippen LogP contribution in [0.2, 0.25) is 0 Å². The zero-order valence-corrected chi connectivity index (χ0v) is 9.09. The number of carbonyl (C=O) groups excluding carboxylic acids is 1. The number of esters is 1. The highest BCUT2D eigenvalue weighted by Gasteiger charge is 2.12. The number of nitrogens with one attached hydrogen (secondary N) is 1. The fourth-order valence-corrected chi connectivity index (χ4v) is 1.37. The lowest BCUT2D eigenvalue weighted by atomic mass is 10.1. The minimum atomic E-state index is -0.548. The first-order valence-electron chi connectivity index (χ1n) is 5.07. The molecule has 0 aliphatic rings. The summed E-state index contributed by atoms with van der Waals surface area (Å²) in [6, 6.07) is 9.74. The number of rotatable bonds is 4. The lowest BCUT2D eigenvalue weighted by Crippen LogP contribution is -2.05. The number of carbonyl (C=O) groups is 1. The van der Waals surface area contributed by atoms with Crippen molar-refractivity contribution in [1.82, 2.24) is 15.4 Å². The largest absolute Gasteiger partial charge is 0.401 e. The molecule has 1 N–H and O–H groups in total. The molecular weight excluding hydrogens is 218 g/mol. The molecular formula is C12H11N3O2. The summed E-state index contributed by atoms with van der Waals surface area (Å²) in [5.41, 5.74) is 1.66. The van der Waals surface area contributed by atoms with Crippen molar-refractivity contribution in [3.63, 3.8) is 0 Å². The monoisotopic (exact) mass is 229 g/mol. The molecule has 17 heavy (non-hydrogen) atoms. The van der Waals surface area contributed by atoms with Gasteiger partial charge in [0.05, 0.1) is 0 Å². The van der Waals surface area contributed by atoms with Crippen LogP contribution in [0.15, 0.2) is 43.0 Å². The molecule has 2 rings (SSSR count). The number of ether oxygens (including phenoxy) is 1. The molecule has 0 saturated heterocycles. The van der Waals surface area contributed by atoms with E-state index in [4.69, 9.17) is 4.74 Å². The highest BCUT2D eigenvalue weighted by Crippen LogP contribution is 2.15. The maximum Gasteiger partial charge on any atom is 0.336 e. The molecule has 0 saturated carbocycles. The highest BCUT2D eigenvalue weighted by atomic mass is 16.5. The average molecular weight is 229 g/mol. The second-order valence-corrected chi connectivity index (χ2v) is 3.36. The Kier molecular flexibility index (Phi) is 3.30. The Balaban J connectivity index is 2.14. The quantitative estimate of drug-likeness (QED) is 0.637. The summed E-state index contributed by atoms with van der Waals surface area (Å²) in [6.07, 6.45) is 1.64. The summed E-state index contributed by atoms with van der Waals surface area (Å²) in [5.74, 6) is -0.355. The van der Waals surface area contributed by atoms with Crippen molar-refractivity contribution in [2.75, 3.05) is 0 Å². The molecule has 0 amide bonds. The number of aromatic amines is 1. The molecule has 0 spiro atoms. The van der Waals surface area contributed by atoms with Crippen LogP contribution < -0.4 is 4.74 Å². The summed E-state index contributed by atoms with van der Waals surface area (Å²) in [4.78, 5) is 11.1. The Morgan fingerprint density at radius 2 is 2.12 bits per heavy atom. The van der Waals surface area contributed by atoms with Gasteiger partial charge in [0.2, 0.25) is 0 Å². The van der Waals surface area contributed by atoms with E-state index in [2.05, 4.69) is 22.0 Å². The third-order valence-electron chi connectivity index (χ3n) is 2.16. The second-order valence-electron chi connectivity index (χ2n) is 3.36. The number of aromatic nitrogens is 3. The topological polar surface area (TPSA) is 67.9 Å². The Bertz CT molecular complexity index is 520. The van der Waals surface area contributed by atoms with Crippen molar-refractivity contribution in [3.8, 4) is 5.88 Å². The lowest BCUT2D eigenvalue weighted by Gasteiger charge is -2.00. The van der Waals surface area contributed by atoms with Crippen LogP contribution >= 0.6 is 0 Å². The van der Waals surface area contributed by atoms with Crippen LogP contribution in [0, 0.1) is 0 Å². The van der Waals surface area contributed by atoms with Crippen LogP contribution in [0.25, 0.3) is 0 Å². The van der Waals surface area contributed by atoms with Gasteiger partial charge in [-0.1, -0.05) is 36.9 Å². The van der Waals surface area contributed by atoms with Crippen LogP contribution in [0.5, 0.6) is 5.88 Å². The van der Waals surface area contributed by atoms with Crippen LogP contribution in [-0.4, -0.2) is 21.4 Å². The minimum Gasteiger partial charge on any atom is -0.401 e. The molecule has 0 radical (unpaired) electrons. The molecule has 0 aliphatic heterocycles. The lowest BCUT2D eigenvalue weighted by molar-refractivity contribution is -0.129. The fraction of sp³-hybridized carbons (Fsp3) is 0.0833. The number of H-pyrrole nitrogens is 1. The summed E-state index contributed by atoms with van der Waals surface area (Å²) in [5, 5.41) is 10.2. The molecule has 0 unspecified atom stereocenters. The van der Waals surface area contributed by atoms with Crippen molar-refractivity contribution in [3.05, 3.63) is 54.2 Å². The molecule has 0 aliphatic carbocycles. The summed E-state index contributed by atoms with van der Waals surface area (Å²) < 4.78 is 4.95. The first-order valence-corrected chi connectivity index (χ1v) is 5.07. The predicted molar refractivity (Wildman–Crippen MR) is 61.5 cm³/mol. The zero-order chi connectivity index (χ0) is 12.1. The standard InChI is InChI=1S/C12H11N3O2/c1-2-11(16)17-12-10(13-15-14-12)8-9-6-4-3-5-7-9/h2-7H,1,8H2,(H,13,14,15). The summed E-state index contributed by atoms with van der Waals surface area (Å²) in [6.45, 7) is 3.32. The Morgan fingerprint density at radius 1 is 1.35 bits per heavy atom. The van der Waals surface area contributed by atoms with Gasteiger partial charge in [-0.05, 0) is 5.56 Å². The summed E-state index contributed by atoms with van der Waals surface area (Å²) >= 11 is 0. The van der Waals surface area contributed by atoms with E-state index in [1.807, 2.05) is 30.3 Å². The average Bonchev–Trinajstić information content (AvgIpc) is 2.78. The Morgan fingerprint density at radius 3 is 2.82 bits per heavy atom. The van der Waals surface area contributed by atoms with Crippen molar-refractivity contribution >= 4 is 5.97 Å². The smallest absolute Gasteiger partial charge is 0.336 e. The van der Waals surface area contributed by atoms with Crippen LogP contribution in [-0.2, 0) is 11.2 Å². The van der Waals surface area contributed by atoms with E-state index in [0.29, 0.717) is 12.1 Å². The number of benzene rings is 1. The van der Waals surface area contributed by atoms with E-state index >= 15 is 0 Å². The molecule has 0 fully saturated rings. The van der Waals surface area contributed by atoms with Gasteiger partial charge < -0.3 is 4.74 Å². The first-order chi connectivity index (χ1) is 8.29. The van der Waals surface area contributed by atoms with E-state index < -0.39 is 5.97 Å². The molecule has 86 valence electrons. The van der Waals surface area contributed by atoms with Gasteiger partial charge in [0.25, 0.3) is 5.88 Å². The normalized spacial score (nSPS) is 9.88. The number of hydrogen-bond acceptors (Lipinski definition) is 4. The third-order valence-corrected chi connectivity index (χ3v) is 2.16. The van der Waals surface area contributed by atoms with Crippen molar-refractivity contribution in [1.29, 1.82) is 0 Å². The minimum absolute atomic E-state index is 0.193. The molecule has 2 aromatic rings. The van der Waals surface area contributed by atoms with Crippen LogP contribution in [0.1, 0.15) is 11.3 Å². The van der Waals surface area contributed by atoms with Crippen molar-refractivity contribution < 1.29 is 9.53 Å². The van der Waals surface area contributed by atoms with Gasteiger partial charge in [-0.15, -0.1) is 5.10 Å². The van der Waals surface area contributed by atoms with E-state index in [-0.39, 0.29) is 5.88 Å². The maximum atomic E-state index is 11.1. The van der Waals surface area contributed by atoms with E-state index in [0.717, 1.165) is 11.6 Å². The molecule has 1 heterocycles. The maximum absolute atomic E-state index is 11.1. The molecule has 0 bridgehead atoms. The summed E-state index contributed by atoms with van der Waals surface area (Å²) in [7, 11) is 0. The fourth-order valence-electron chi connectivity index (χ4n) is 1.37. The predicted octanol–water partition coefficient (Wildman–Crippen LogP) is 1.49. The molecule has 1 aromatic carbocycles. The van der Waals surface area contributed by atoms with Crippen molar-refractivity contribution in [2.45, 2.75) is 6.42 Å². The van der Waals surface area contributed by atoms with Gasteiger partial charge in [0, 0.05) is 12.5 Å². The van der Waals surface area contributed by atoms with Gasteiger partial charge in [-0.3, -0.25) is 0 Å². The van der Waals surface area contributed by atoms with Crippen LogP contribution in [0.3, 0.4) is 0 Å². The molecule has 5 heteroatoms. The van der Waals surface area contributed by atoms with E-state index in [1.165, 1.54) is 0 Å². The van der Waals surface area contributed by atoms with E-state index in [1.54, 1.807) is 0 Å². The number of nitrogens with zero attached hydrogens (tertiary/aromatic N) is 2. The third kappa shape index (κ3) is 2.78. The van der Waals surface area contributed by atoms with Gasteiger partial charge in [0.15, 0.2) is 0 Å². The second kappa shape index (κ2) is 5.07. The van der Waals surface area contributed by atoms with Gasteiger partial charge in [0.1, 0.15) is 5.69 Å². The first kappa shape index (κ1) is 11.1. The number of hydrogen-bond donors (Lipinski definition) is 1. The van der Waals surface area contributed by atoms with E-state index in [9.17, 15) is 4.79 Å². The Labute approximate surface area is 98.1 Å². The van der Waals surface area contributed by atoms with Crippen LogP contribution in [0.4, 0.5) is 0 Å². The molecule has 0 atom stereocenters. The van der Waals surface area contributed by atoms with Crippen molar-refractivity contribution in [2.24, 2.45) is 0 Å². The molecule has 1 aromatic heterocycles. The van der Waals surface area contributed by atoms with Gasteiger partial charge in [-0.2, -0.15) is 10.3 Å². The zero-order valence-electron chi connectivity index (χ0n) is 9.09. The Hall–Kier alpha value is -2.43.